The number of carbonyl (C=O) groups is 1. The highest BCUT2D eigenvalue weighted by Crippen LogP contribution is 2.20. The number of nitrogens with zero attached hydrogens (tertiary/aromatic N) is 1. The first-order valence-corrected chi connectivity index (χ1v) is 9.92. The minimum Gasteiger partial charge on any atom is -0.491 e. The molecule has 0 spiro atoms. The Morgan fingerprint density at radius 3 is 2.36 bits per heavy atom. The fraction of sp³-hybridized carbons (Fsp3) is 0.435. The van der Waals surface area contributed by atoms with Crippen molar-refractivity contribution in [3.05, 3.63) is 65.7 Å². The third kappa shape index (κ3) is 7.71. The van der Waals surface area contributed by atoms with Crippen LogP contribution in [0.2, 0.25) is 0 Å². The summed E-state index contributed by atoms with van der Waals surface area (Å²) in [7, 11) is 0. The molecule has 1 unspecified atom stereocenters. The van der Waals surface area contributed by atoms with Crippen LogP contribution in [-0.4, -0.2) is 54.9 Å². The Hall–Kier alpha value is -2.37. The minimum atomic E-state index is -0.965. The lowest BCUT2D eigenvalue weighted by Gasteiger charge is -2.25. The van der Waals surface area contributed by atoms with E-state index in [0.29, 0.717) is 13.2 Å². The molecule has 0 aliphatic heterocycles. The van der Waals surface area contributed by atoms with Crippen LogP contribution in [0.25, 0.3) is 0 Å². The molecule has 5 nitrogen and oxygen atoms in total. The van der Waals surface area contributed by atoms with E-state index in [1.807, 2.05) is 24.3 Å². The molecule has 0 heterocycles. The van der Waals surface area contributed by atoms with Crippen molar-refractivity contribution in [1.82, 2.24) is 4.90 Å². The molecule has 0 saturated heterocycles. The zero-order valence-corrected chi connectivity index (χ0v) is 16.8. The normalized spacial score (nSPS) is 12.1. The van der Waals surface area contributed by atoms with Crippen LogP contribution in [0.5, 0.6) is 5.75 Å². The number of rotatable bonds is 13. The molecular weight excluding hydrogens is 354 g/mol. The lowest BCUT2D eigenvalue weighted by Crippen LogP contribution is -2.38. The molecule has 1 N–H and O–H groups in total. The molecule has 0 aliphatic carbocycles. The summed E-state index contributed by atoms with van der Waals surface area (Å²) in [4.78, 5) is 13.1. The molecule has 0 saturated carbocycles. The standard InChI is InChI=1S/C23H31NO4/c1-3-24(4-2)16-21(27-18-23(25)26)17-28-22-13-9-8-12-20(22)15-14-19-10-6-5-7-11-19/h5-13,21H,3-4,14-18H2,1-2H3,(H,25,26). The Balaban J connectivity index is 1.98. The fourth-order valence-corrected chi connectivity index (χ4v) is 3.07. The van der Waals surface area contributed by atoms with Crippen LogP contribution >= 0.6 is 0 Å². The molecule has 1 atom stereocenters. The Labute approximate surface area is 167 Å². The predicted molar refractivity (Wildman–Crippen MR) is 111 cm³/mol. The van der Waals surface area contributed by atoms with Gasteiger partial charge >= 0.3 is 5.97 Å². The van der Waals surface area contributed by atoms with Gasteiger partial charge in [-0.1, -0.05) is 62.4 Å². The molecular formula is C23H31NO4. The van der Waals surface area contributed by atoms with E-state index in [4.69, 9.17) is 14.6 Å². The Morgan fingerprint density at radius 2 is 1.68 bits per heavy atom. The van der Waals surface area contributed by atoms with Crippen molar-refractivity contribution >= 4 is 5.97 Å². The number of para-hydroxylation sites is 1. The Kier molecular flexibility index (Phi) is 9.52. The van der Waals surface area contributed by atoms with Crippen LogP contribution in [0, 0.1) is 0 Å². The smallest absolute Gasteiger partial charge is 0.329 e. The summed E-state index contributed by atoms with van der Waals surface area (Å²) in [5.41, 5.74) is 2.44. The van der Waals surface area contributed by atoms with Gasteiger partial charge in [0.1, 0.15) is 25.1 Å². The van der Waals surface area contributed by atoms with Gasteiger partial charge in [-0.2, -0.15) is 0 Å². The quantitative estimate of drug-likeness (QED) is 0.570. The molecule has 0 amide bonds. The summed E-state index contributed by atoms with van der Waals surface area (Å²) in [6, 6.07) is 18.4. The number of benzene rings is 2. The first-order valence-electron chi connectivity index (χ1n) is 9.92. The first-order chi connectivity index (χ1) is 13.6. The van der Waals surface area contributed by atoms with Gasteiger partial charge < -0.3 is 19.5 Å². The lowest BCUT2D eigenvalue weighted by atomic mass is 10.0. The topological polar surface area (TPSA) is 59.0 Å². The molecule has 2 aromatic rings. The largest absolute Gasteiger partial charge is 0.491 e. The monoisotopic (exact) mass is 385 g/mol. The highest BCUT2D eigenvalue weighted by Gasteiger charge is 2.16. The van der Waals surface area contributed by atoms with E-state index in [1.54, 1.807) is 0 Å². The van der Waals surface area contributed by atoms with Gasteiger partial charge in [0.2, 0.25) is 0 Å². The lowest BCUT2D eigenvalue weighted by molar-refractivity contribution is -0.145. The molecule has 28 heavy (non-hydrogen) atoms. The van der Waals surface area contributed by atoms with Crippen LogP contribution in [0.15, 0.2) is 54.6 Å². The average Bonchev–Trinajstić information content (AvgIpc) is 2.73. The second-order valence-electron chi connectivity index (χ2n) is 6.72. The van der Waals surface area contributed by atoms with Crippen molar-refractivity contribution in [1.29, 1.82) is 0 Å². The maximum atomic E-state index is 10.9. The van der Waals surface area contributed by atoms with E-state index in [2.05, 4.69) is 49.1 Å². The number of ether oxygens (including phenoxy) is 2. The van der Waals surface area contributed by atoms with Crippen LogP contribution in [0.4, 0.5) is 0 Å². The highest BCUT2D eigenvalue weighted by atomic mass is 16.5. The number of hydrogen-bond acceptors (Lipinski definition) is 4. The van der Waals surface area contributed by atoms with E-state index in [9.17, 15) is 4.79 Å². The van der Waals surface area contributed by atoms with Crippen LogP contribution in [-0.2, 0) is 22.4 Å². The number of aliphatic carboxylic acids is 1. The summed E-state index contributed by atoms with van der Waals surface area (Å²) >= 11 is 0. The summed E-state index contributed by atoms with van der Waals surface area (Å²) in [6.45, 7) is 6.59. The van der Waals surface area contributed by atoms with E-state index in [0.717, 1.165) is 37.2 Å². The van der Waals surface area contributed by atoms with Gasteiger partial charge in [-0.05, 0) is 43.1 Å². The third-order valence-electron chi connectivity index (χ3n) is 4.72. The third-order valence-corrected chi connectivity index (χ3v) is 4.72. The number of aryl methyl sites for hydroxylation is 2. The Morgan fingerprint density at radius 1 is 1.00 bits per heavy atom. The van der Waals surface area contributed by atoms with Gasteiger partial charge in [-0.25, -0.2) is 4.79 Å². The maximum Gasteiger partial charge on any atom is 0.329 e. The van der Waals surface area contributed by atoms with E-state index >= 15 is 0 Å². The van der Waals surface area contributed by atoms with Gasteiger partial charge in [-0.3, -0.25) is 0 Å². The minimum absolute atomic E-state index is 0.293. The van der Waals surface area contributed by atoms with Gasteiger partial charge in [0.25, 0.3) is 0 Å². The molecule has 0 aromatic heterocycles. The average molecular weight is 386 g/mol. The van der Waals surface area contributed by atoms with E-state index in [1.165, 1.54) is 5.56 Å². The molecule has 5 heteroatoms. The van der Waals surface area contributed by atoms with Gasteiger partial charge in [-0.15, -0.1) is 0 Å². The summed E-state index contributed by atoms with van der Waals surface area (Å²) < 4.78 is 11.6. The molecule has 0 radical (unpaired) electrons. The molecule has 0 fully saturated rings. The number of carboxylic acids is 1. The van der Waals surface area contributed by atoms with Crippen molar-refractivity contribution in [3.63, 3.8) is 0 Å². The zero-order valence-electron chi connectivity index (χ0n) is 16.8. The summed E-state index contributed by atoms with van der Waals surface area (Å²) in [6.07, 6.45) is 1.54. The van der Waals surface area contributed by atoms with Crippen LogP contribution < -0.4 is 4.74 Å². The number of hydrogen-bond donors (Lipinski definition) is 1. The van der Waals surface area contributed by atoms with Crippen LogP contribution in [0.1, 0.15) is 25.0 Å². The Bertz CT molecular complexity index is 701. The second-order valence-corrected chi connectivity index (χ2v) is 6.72. The van der Waals surface area contributed by atoms with Gasteiger partial charge in [0.15, 0.2) is 0 Å². The SMILES string of the molecule is CCN(CC)CC(COc1ccccc1CCc1ccccc1)OCC(=O)O. The van der Waals surface area contributed by atoms with Crippen molar-refractivity contribution in [2.75, 3.05) is 32.8 Å². The van der Waals surface area contributed by atoms with Crippen molar-refractivity contribution < 1.29 is 19.4 Å². The molecule has 0 bridgehead atoms. The molecule has 152 valence electrons. The second kappa shape index (κ2) is 12.2. The predicted octanol–water partition coefficient (Wildman–Crippen LogP) is 3.66. The van der Waals surface area contributed by atoms with Crippen molar-refractivity contribution in [2.45, 2.75) is 32.8 Å². The number of likely N-dealkylation sites (N-methyl/N-ethyl adjacent to an activating group) is 1. The molecule has 0 aliphatic rings. The van der Waals surface area contributed by atoms with Crippen molar-refractivity contribution in [3.8, 4) is 5.75 Å². The van der Waals surface area contributed by atoms with E-state index in [-0.39, 0.29) is 12.7 Å². The van der Waals surface area contributed by atoms with E-state index < -0.39 is 5.97 Å². The molecule has 2 rings (SSSR count). The summed E-state index contributed by atoms with van der Waals surface area (Å²) in [5, 5.41) is 8.94. The summed E-state index contributed by atoms with van der Waals surface area (Å²) in [5.74, 6) is -0.130. The van der Waals surface area contributed by atoms with Crippen LogP contribution in [0.3, 0.4) is 0 Å². The highest BCUT2D eigenvalue weighted by molar-refractivity contribution is 5.68. The molecule has 2 aromatic carbocycles. The zero-order chi connectivity index (χ0) is 20.2. The van der Waals surface area contributed by atoms with Crippen molar-refractivity contribution in [2.24, 2.45) is 0 Å². The first kappa shape index (κ1) is 21.9. The fourth-order valence-electron chi connectivity index (χ4n) is 3.07. The number of carboxylic acid groups (broad SMARTS) is 1. The van der Waals surface area contributed by atoms with Gasteiger partial charge in [0.05, 0.1) is 0 Å². The van der Waals surface area contributed by atoms with Gasteiger partial charge in [0, 0.05) is 6.54 Å². The maximum absolute atomic E-state index is 10.9.